The quantitative estimate of drug-likeness (QED) is 0.866. The number of rotatable bonds is 5. The SMILES string of the molecule is CCc1cc(C(=O)Nc2nc(CC(=O)O)cs2)n(C)n1. The molecule has 0 bridgehead atoms. The lowest BCUT2D eigenvalue weighted by molar-refractivity contribution is -0.136. The zero-order valence-electron chi connectivity index (χ0n) is 11.1. The molecular formula is C12H14N4O3S. The molecule has 20 heavy (non-hydrogen) atoms. The van der Waals surface area contributed by atoms with Crippen LogP contribution in [0.4, 0.5) is 5.13 Å². The van der Waals surface area contributed by atoms with E-state index >= 15 is 0 Å². The number of carboxylic acids is 1. The molecule has 0 aromatic carbocycles. The first-order valence-corrected chi connectivity index (χ1v) is 6.88. The number of carboxylic acid groups (broad SMARTS) is 1. The van der Waals surface area contributed by atoms with Gasteiger partial charge in [-0.1, -0.05) is 6.92 Å². The van der Waals surface area contributed by atoms with Gasteiger partial charge in [0.25, 0.3) is 5.91 Å². The fraction of sp³-hybridized carbons (Fsp3) is 0.333. The fourth-order valence-corrected chi connectivity index (χ4v) is 2.38. The van der Waals surface area contributed by atoms with E-state index in [1.165, 1.54) is 16.0 Å². The molecule has 0 fully saturated rings. The molecule has 7 nitrogen and oxygen atoms in total. The van der Waals surface area contributed by atoms with Crippen LogP contribution in [0, 0.1) is 0 Å². The molecule has 0 saturated heterocycles. The van der Waals surface area contributed by atoms with E-state index in [0.717, 1.165) is 12.1 Å². The van der Waals surface area contributed by atoms with Crippen molar-refractivity contribution < 1.29 is 14.7 Å². The summed E-state index contributed by atoms with van der Waals surface area (Å²) in [6, 6.07) is 1.72. The van der Waals surface area contributed by atoms with Crippen LogP contribution in [0.3, 0.4) is 0 Å². The largest absolute Gasteiger partial charge is 0.481 e. The van der Waals surface area contributed by atoms with Crippen molar-refractivity contribution in [3.63, 3.8) is 0 Å². The lowest BCUT2D eigenvalue weighted by Crippen LogP contribution is -2.16. The highest BCUT2D eigenvalue weighted by molar-refractivity contribution is 7.14. The number of hydrogen-bond donors (Lipinski definition) is 2. The first kappa shape index (κ1) is 14.2. The van der Waals surface area contributed by atoms with Gasteiger partial charge >= 0.3 is 5.97 Å². The number of thiazole rings is 1. The average molecular weight is 294 g/mol. The molecule has 1 amide bonds. The predicted molar refractivity (Wildman–Crippen MR) is 74.0 cm³/mol. The first-order chi connectivity index (χ1) is 9.49. The van der Waals surface area contributed by atoms with Gasteiger partial charge in [-0.15, -0.1) is 11.3 Å². The smallest absolute Gasteiger partial charge is 0.309 e. The van der Waals surface area contributed by atoms with Gasteiger partial charge in [-0.2, -0.15) is 5.10 Å². The normalized spacial score (nSPS) is 10.5. The number of aryl methyl sites for hydroxylation is 2. The lowest BCUT2D eigenvalue weighted by atomic mass is 10.3. The van der Waals surface area contributed by atoms with Gasteiger partial charge in [-0.25, -0.2) is 4.98 Å². The van der Waals surface area contributed by atoms with Gasteiger partial charge < -0.3 is 5.11 Å². The van der Waals surface area contributed by atoms with Gasteiger partial charge in [0.15, 0.2) is 5.13 Å². The standard InChI is InChI=1S/C12H14N4O3S/c1-3-7-4-9(16(2)15-7)11(19)14-12-13-8(6-20-12)5-10(17)18/h4,6H,3,5H2,1-2H3,(H,17,18)(H,13,14,19). The number of carbonyl (C=O) groups excluding carboxylic acids is 1. The van der Waals surface area contributed by atoms with Crippen LogP contribution in [0.25, 0.3) is 0 Å². The Morgan fingerprint density at radius 3 is 2.80 bits per heavy atom. The van der Waals surface area contributed by atoms with E-state index in [1.807, 2.05) is 6.92 Å². The zero-order chi connectivity index (χ0) is 14.7. The molecule has 106 valence electrons. The van der Waals surface area contributed by atoms with Crippen molar-refractivity contribution in [1.29, 1.82) is 0 Å². The van der Waals surface area contributed by atoms with Crippen LogP contribution in [-0.2, 0) is 24.7 Å². The van der Waals surface area contributed by atoms with E-state index in [9.17, 15) is 9.59 Å². The Bertz CT molecular complexity index is 647. The van der Waals surface area contributed by atoms with E-state index < -0.39 is 5.97 Å². The Morgan fingerprint density at radius 2 is 2.20 bits per heavy atom. The third kappa shape index (κ3) is 3.21. The molecule has 0 saturated carbocycles. The average Bonchev–Trinajstić information content (AvgIpc) is 2.95. The van der Waals surface area contributed by atoms with E-state index in [4.69, 9.17) is 5.11 Å². The minimum absolute atomic E-state index is 0.155. The number of hydrogen-bond acceptors (Lipinski definition) is 5. The van der Waals surface area contributed by atoms with Crippen LogP contribution in [0.2, 0.25) is 0 Å². The molecule has 2 aromatic rings. The number of nitrogens with zero attached hydrogens (tertiary/aromatic N) is 3. The summed E-state index contributed by atoms with van der Waals surface area (Å²) in [6.07, 6.45) is 0.596. The summed E-state index contributed by atoms with van der Waals surface area (Å²) in [7, 11) is 1.70. The van der Waals surface area contributed by atoms with Crippen LogP contribution in [0.5, 0.6) is 0 Å². The summed E-state index contributed by atoms with van der Waals surface area (Å²) in [5.41, 5.74) is 1.71. The summed E-state index contributed by atoms with van der Waals surface area (Å²) in [4.78, 5) is 26.7. The minimum Gasteiger partial charge on any atom is -0.481 e. The van der Waals surface area contributed by atoms with Crippen molar-refractivity contribution in [3.05, 3.63) is 28.5 Å². The minimum atomic E-state index is -0.951. The highest BCUT2D eigenvalue weighted by Gasteiger charge is 2.15. The van der Waals surface area contributed by atoms with Crippen molar-refractivity contribution in [2.24, 2.45) is 7.05 Å². The molecule has 2 rings (SSSR count). The number of amides is 1. The van der Waals surface area contributed by atoms with E-state index in [1.54, 1.807) is 18.5 Å². The summed E-state index contributed by atoms with van der Waals surface area (Å²) in [5.74, 6) is -1.26. The van der Waals surface area contributed by atoms with E-state index in [-0.39, 0.29) is 12.3 Å². The second kappa shape index (κ2) is 5.83. The van der Waals surface area contributed by atoms with Crippen molar-refractivity contribution in [2.75, 3.05) is 5.32 Å². The molecule has 0 aliphatic carbocycles. The molecule has 0 atom stereocenters. The highest BCUT2D eigenvalue weighted by Crippen LogP contribution is 2.17. The molecule has 8 heteroatoms. The number of nitrogens with one attached hydrogen (secondary N) is 1. The Labute approximate surface area is 119 Å². The van der Waals surface area contributed by atoms with E-state index in [2.05, 4.69) is 15.4 Å². The summed E-state index contributed by atoms with van der Waals surface area (Å²) >= 11 is 1.20. The predicted octanol–water partition coefficient (Wildman–Crippen LogP) is 1.32. The Hall–Kier alpha value is -2.22. The molecule has 2 N–H and O–H groups in total. The van der Waals surface area contributed by atoms with Gasteiger partial charge in [0, 0.05) is 12.4 Å². The molecule has 2 aromatic heterocycles. The number of carbonyl (C=O) groups is 2. The van der Waals surface area contributed by atoms with Crippen molar-refractivity contribution in [1.82, 2.24) is 14.8 Å². The van der Waals surface area contributed by atoms with Gasteiger partial charge in [-0.05, 0) is 12.5 Å². The highest BCUT2D eigenvalue weighted by atomic mass is 32.1. The van der Waals surface area contributed by atoms with Crippen LogP contribution in [-0.4, -0.2) is 31.7 Å². The first-order valence-electron chi connectivity index (χ1n) is 6.00. The maximum Gasteiger partial charge on any atom is 0.309 e. The number of aliphatic carboxylic acids is 1. The maximum absolute atomic E-state index is 12.1. The third-order valence-electron chi connectivity index (χ3n) is 2.63. The molecule has 2 heterocycles. The fourth-order valence-electron chi connectivity index (χ4n) is 1.67. The molecular weight excluding hydrogens is 280 g/mol. The topological polar surface area (TPSA) is 97.1 Å². The van der Waals surface area contributed by atoms with Gasteiger partial charge in [0.05, 0.1) is 17.8 Å². The van der Waals surface area contributed by atoms with Crippen LogP contribution in [0.15, 0.2) is 11.4 Å². The van der Waals surface area contributed by atoms with Crippen molar-refractivity contribution >= 4 is 28.3 Å². The van der Waals surface area contributed by atoms with Crippen LogP contribution < -0.4 is 5.32 Å². The summed E-state index contributed by atoms with van der Waals surface area (Å²) < 4.78 is 1.51. The van der Waals surface area contributed by atoms with E-state index in [0.29, 0.717) is 16.5 Å². The molecule has 0 spiro atoms. The van der Waals surface area contributed by atoms with Crippen molar-refractivity contribution in [2.45, 2.75) is 19.8 Å². The van der Waals surface area contributed by atoms with Gasteiger partial charge in [0.1, 0.15) is 5.69 Å². The number of aromatic nitrogens is 3. The zero-order valence-corrected chi connectivity index (χ0v) is 11.9. The van der Waals surface area contributed by atoms with Crippen molar-refractivity contribution in [3.8, 4) is 0 Å². The molecule has 0 radical (unpaired) electrons. The van der Waals surface area contributed by atoms with Crippen LogP contribution >= 0.6 is 11.3 Å². The Balaban J connectivity index is 2.09. The van der Waals surface area contributed by atoms with Gasteiger partial charge in [0.2, 0.25) is 0 Å². The Kier molecular flexibility index (Phi) is 4.14. The second-order valence-electron chi connectivity index (χ2n) is 4.17. The molecule has 0 aliphatic rings. The molecule has 0 aliphatic heterocycles. The van der Waals surface area contributed by atoms with Gasteiger partial charge in [-0.3, -0.25) is 19.6 Å². The monoisotopic (exact) mass is 294 g/mol. The Morgan fingerprint density at radius 1 is 1.45 bits per heavy atom. The third-order valence-corrected chi connectivity index (χ3v) is 3.44. The summed E-state index contributed by atoms with van der Waals surface area (Å²) in [6.45, 7) is 1.96. The lowest BCUT2D eigenvalue weighted by Gasteiger charge is -2.01. The number of anilines is 1. The van der Waals surface area contributed by atoms with Crippen LogP contribution in [0.1, 0.15) is 28.8 Å². The second-order valence-corrected chi connectivity index (χ2v) is 5.02. The molecule has 0 unspecified atom stereocenters. The maximum atomic E-state index is 12.1. The summed E-state index contributed by atoms with van der Waals surface area (Å²) in [5, 5.41) is 17.5.